The summed E-state index contributed by atoms with van der Waals surface area (Å²) in [5.74, 6) is -1.96. The lowest BCUT2D eigenvalue weighted by atomic mass is 9.96. The number of ether oxygens (including phenoxy) is 1. The molecule has 1 unspecified atom stereocenters. The number of aryl methyl sites for hydroxylation is 1. The highest BCUT2D eigenvalue weighted by molar-refractivity contribution is 6.46. The van der Waals surface area contributed by atoms with Gasteiger partial charge in [0.2, 0.25) is 0 Å². The standard InChI is InChI=1S/C25H25N5O6/c1-16-21(28-8-3-2-7-19(28)26-16)23(31)20-22(17-5-4-6-18(15-17)30(34)35)29(25(33)24(20)32)10-9-27-11-13-36-14-12-27/h2-8,15,22,31H,9-14H2,1H3/b23-20+. The van der Waals surface area contributed by atoms with Gasteiger partial charge in [0, 0.05) is 44.5 Å². The van der Waals surface area contributed by atoms with Crippen LogP contribution in [-0.4, -0.2) is 80.3 Å². The van der Waals surface area contributed by atoms with Gasteiger partial charge in [-0.05, 0) is 24.6 Å². The topological polar surface area (TPSA) is 131 Å². The average Bonchev–Trinajstić information content (AvgIpc) is 3.35. The highest BCUT2D eigenvalue weighted by Gasteiger charge is 2.46. The number of hydrogen-bond acceptors (Lipinski definition) is 8. The molecule has 2 fully saturated rings. The van der Waals surface area contributed by atoms with Crippen LogP contribution in [0.3, 0.4) is 0 Å². The third-order valence-electron chi connectivity index (χ3n) is 6.63. The van der Waals surface area contributed by atoms with Crippen LogP contribution in [0.15, 0.2) is 54.2 Å². The fourth-order valence-electron chi connectivity index (χ4n) is 4.87. The second-order valence-corrected chi connectivity index (χ2v) is 8.77. The van der Waals surface area contributed by atoms with Gasteiger partial charge in [-0.3, -0.25) is 29.0 Å². The number of rotatable bonds is 6. The fraction of sp³-hybridized carbons (Fsp3) is 0.320. The molecule has 2 aromatic heterocycles. The largest absolute Gasteiger partial charge is 0.505 e. The monoisotopic (exact) mass is 491 g/mol. The summed E-state index contributed by atoms with van der Waals surface area (Å²) in [6.07, 6.45) is 1.71. The van der Waals surface area contributed by atoms with E-state index in [1.54, 1.807) is 41.8 Å². The first-order valence-corrected chi connectivity index (χ1v) is 11.6. The second-order valence-electron chi connectivity index (χ2n) is 8.77. The number of amides is 1. The number of pyridine rings is 1. The summed E-state index contributed by atoms with van der Waals surface area (Å²) in [7, 11) is 0. The van der Waals surface area contributed by atoms with Crippen LogP contribution in [0.25, 0.3) is 11.4 Å². The molecule has 2 aliphatic rings. The number of nitro benzene ring substituents is 1. The molecule has 0 aliphatic carbocycles. The number of morpholine rings is 1. The summed E-state index contributed by atoms with van der Waals surface area (Å²) in [4.78, 5) is 45.5. The number of carbonyl (C=O) groups is 2. The minimum Gasteiger partial charge on any atom is -0.505 e. The van der Waals surface area contributed by atoms with E-state index in [2.05, 4.69) is 9.88 Å². The minimum absolute atomic E-state index is 0.115. The zero-order valence-corrected chi connectivity index (χ0v) is 19.7. The summed E-state index contributed by atoms with van der Waals surface area (Å²) in [6, 6.07) is 10.2. The number of likely N-dealkylation sites (tertiary alicyclic amines) is 1. The number of nitro groups is 1. The van der Waals surface area contributed by atoms with Crippen molar-refractivity contribution >= 4 is 28.8 Å². The van der Waals surface area contributed by atoms with Crippen LogP contribution in [-0.2, 0) is 14.3 Å². The Morgan fingerprint density at radius 3 is 2.69 bits per heavy atom. The van der Waals surface area contributed by atoms with Gasteiger partial charge in [0.25, 0.3) is 17.4 Å². The van der Waals surface area contributed by atoms with E-state index in [4.69, 9.17) is 4.74 Å². The van der Waals surface area contributed by atoms with E-state index in [1.807, 2.05) is 0 Å². The molecule has 0 saturated carbocycles. The maximum atomic E-state index is 13.3. The van der Waals surface area contributed by atoms with E-state index in [0.717, 1.165) is 0 Å². The van der Waals surface area contributed by atoms with Crippen molar-refractivity contribution in [3.63, 3.8) is 0 Å². The molecule has 0 spiro atoms. The number of aliphatic hydroxyl groups is 1. The zero-order valence-electron chi connectivity index (χ0n) is 19.7. The van der Waals surface area contributed by atoms with Gasteiger partial charge in [-0.25, -0.2) is 4.98 Å². The first-order chi connectivity index (χ1) is 17.4. The van der Waals surface area contributed by atoms with Crippen molar-refractivity contribution in [3.8, 4) is 0 Å². The average molecular weight is 492 g/mol. The number of carbonyl (C=O) groups excluding carboxylic acids is 2. The van der Waals surface area contributed by atoms with Crippen molar-refractivity contribution in [2.75, 3.05) is 39.4 Å². The maximum absolute atomic E-state index is 13.3. The number of benzene rings is 1. The third-order valence-corrected chi connectivity index (χ3v) is 6.63. The number of fused-ring (bicyclic) bond motifs is 1. The van der Waals surface area contributed by atoms with Gasteiger partial charge in [0.05, 0.1) is 35.4 Å². The lowest BCUT2D eigenvalue weighted by molar-refractivity contribution is -0.384. The van der Waals surface area contributed by atoms with Crippen LogP contribution < -0.4 is 0 Å². The number of aromatic nitrogens is 2. The Morgan fingerprint density at radius 2 is 1.94 bits per heavy atom. The van der Waals surface area contributed by atoms with Crippen LogP contribution >= 0.6 is 0 Å². The lowest BCUT2D eigenvalue weighted by Crippen LogP contribution is -2.42. The molecule has 1 atom stereocenters. The van der Waals surface area contributed by atoms with Crippen LogP contribution in [0.4, 0.5) is 5.69 Å². The quantitative estimate of drug-likeness (QED) is 0.183. The van der Waals surface area contributed by atoms with Gasteiger partial charge >= 0.3 is 0 Å². The molecule has 0 bridgehead atoms. The van der Waals surface area contributed by atoms with E-state index >= 15 is 0 Å². The number of ketones is 1. The van der Waals surface area contributed by atoms with Crippen LogP contribution in [0, 0.1) is 17.0 Å². The molecule has 3 aromatic rings. The molecule has 11 nitrogen and oxygen atoms in total. The number of aliphatic hydroxyl groups excluding tert-OH is 1. The molecule has 1 aromatic carbocycles. The minimum atomic E-state index is -0.986. The molecule has 36 heavy (non-hydrogen) atoms. The Morgan fingerprint density at radius 1 is 1.17 bits per heavy atom. The highest BCUT2D eigenvalue weighted by Crippen LogP contribution is 2.40. The van der Waals surface area contributed by atoms with Gasteiger partial charge in [0.1, 0.15) is 11.3 Å². The van der Waals surface area contributed by atoms with Crippen LogP contribution in [0.1, 0.15) is 23.0 Å². The molecule has 5 rings (SSSR count). The van der Waals surface area contributed by atoms with E-state index in [9.17, 15) is 24.8 Å². The number of hydrogen-bond donors (Lipinski definition) is 1. The smallest absolute Gasteiger partial charge is 0.295 e. The summed E-state index contributed by atoms with van der Waals surface area (Å²) in [5.41, 5.74) is 1.44. The Balaban J connectivity index is 1.63. The molecule has 2 aliphatic heterocycles. The molecule has 1 N–H and O–H groups in total. The van der Waals surface area contributed by atoms with Crippen molar-refractivity contribution in [1.29, 1.82) is 0 Å². The van der Waals surface area contributed by atoms with Gasteiger partial charge in [-0.1, -0.05) is 18.2 Å². The number of nitrogens with zero attached hydrogens (tertiary/aromatic N) is 5. The molecule has 4 heterocycles. The van der Waals surface area contributed by atoms with Crippen molar-refractivity contribution in [1.82, 2.24) is 19.2 Å². The third kappa shape index (κ3) is 4.12. The van der Waals surface area contributed by atoms with Crippen LogP contribution in [0.2, 0.25) is 0 Å². The fourth-order valence-corrected chi connectivity index (χ4v) is 4.87. The second kappa shape index (κ2) is 9.51. The van der Waals surface area contributed by atoms with Crippen molar-refractivity contribution in [2.24, 2.45) is 0 Å². The Bertz CT molecular complexity index is 1390. The van der Waals surface area contributed by atoms with Gasteiger partial charge in [-0.2, -0.15) is 0 Å². The summed E-state index contributed by atoms with van der Waals surface area (Å²) < 4.78 is 7.03. The predicted molar refractivity (Wildman–Crippen MR) is 129 cm³/mol. The summed E-state index contributed by atoms with van der Waals surface area (Å²) >= 11 is 0. The highest BCUT2D eigenvalue weighted by atomic mass is 16.6. The molecular weight excluding hydrogens is 466 g/mol. The first kappa shape index (κ1) is 23.6. The maximum Gasteiger partial charge on any atom is 0.295 e. The molecule has 0 radical (unpaired) electrons. The van der Waals surface area contributed by atoms with Gasteiger partial charge in [-0.15, -0.1) is 0 Å². The van der Waals surface area contributed by atoms with E-state index in [0.29, 0.717) is 55.4 Å². The van der Waals surface area contributed by atoms with E-state index in [-0.39, 0.29) is 23.6 Å². The van der Waals surface area contributed by atoms with Crippen molar-refractivity contribution in [3.05, 3.63) is 81.3 Å². The number of imidazole rings is 1. The zero-order chi connectivity index (χ0) is 25.4. The van der Waals surface area contributed by atoms with Crippen LogP contribution in [0.5, 0.6) is 0 Å². The Labute approximate surface area is 206 Å². The SMILES string of the molecule is Cc1nc2ccccn2c1/C(O)=C1\C(=O)C(=O)N(CCN2CCOCC2)C1c1cccc([N+](=O)[O-])c1. The number of Topliss-reactive ketones (excluding diaryl/α,β-unsaturated/α-hetero) is 1. The molecule has 2 saturated heterocycles. The lowest BCUT2D eigenvalue weighted by Gasteiger charge is -2.31. The summed E-state index contributed by atoms with van der Waals surface area (Å²) in [5, 5.41) is 22.9. The van der Waals surface area contributed by atoms with Gasteiger partial charge < -0.3 is 14.7 Å². The van der Waals surface area contributed by atoms with Crippen molar-refractivity contribution in [2.45, 2.75) is 13.0 Å². The molecule has 11 heteroatoms. The normalized spacial score (nSPS) is 20.4. The molecular formula is C25H25N5O6. The van der Waals surface area contributed by atoms with E-state index < -0.39 is 22.7 Å². The Kier molecular flexibility index (Phi) is 6.25. The first-order valence-electron chi connectivity index (χ1n) is 11.6. The summed E-state index contributed by atoms with van der Waals surface area (Å²) in [6.45, 7) is 4.98. The number of non-ortho nitro benzene ring substituents is 1. The van der Waals surface area contributed by atoms with Crippen molar-refractivity contribution < 1.29 is 24.4 Å². The predicted octanol–water partition coefficient (Wildman–Crippen LogP) is 2.30. The molecule has 186 valence electrons. The Hall–Kier alpha value is -4.09. The van der Waals surface area contributed by atoms with E-state index in [1.165, 1.54) is 23.1 Å². The van der Waals surface area contributed by atoms with Gasteiger partial charge in [0.15, 0.2) is 5.76 Å². The molecule has 1 amide bonds.